The van der Waals surface area contributed by atoms with E-state index < -0.39 is 0 Å². The van der Waals surface area contributed by atoms with Crippen molar-refractivity contribution < 1.29 is 24.2 Å². The predicted octanol–water partition coefficient (Wildman–Crippen LogP) is 7.90. The molecule has 0 saturated heterocycles. The molecule has 37 heavy (non-hydrogen) atoms. The highest BCUT2D eigenvalue weighted by Gasteiger charge is 2.03. The molecule has 0 aliphatic carbocycles. The summed E-state index contributed by atoms with van der Waals surface area (Å²) in [4.78, 5) is 0. The van der Waals surface area contributed by atoms with Crippen LogP contribution in [0.15, 0.2) is 60.1 Å². The summed E-state index contributed by atoms with van der Waals surface area (Å²) in [5, 5.41) is 18.8. The van der Waals surface area contributed by atoms with Gasteiger partial charge in [-0.2, -0.15) is 11.8 Å². The normalized spacial score (nSPS) is 10.3. The van der Waals surface area contributed by atoms with Crippen molar-refractivity contribution in [2.24, 2.45) is 0 Å². The van der Waals surface area contributed by atoms with Gasteiger partial charge in [0, 0.05) is 6.26 Å². The first-order valence-corrected chi connectivity index (χ1v) is 14.7. The molecule has 0 spiro atoms. The largest absolute Gasteiger partial charge is 0.504 e. The number of allylic oxidation sites excluding steroid dienone is 3. The molecule has 3 N–H and O–H groups in total. The van der Waals surface area contributed by atoms with Crippen molar-refractivity contribution in [3.8, 4) is 23.0 Å². The number of aryl methyl sites for hydroxylation is 2. The van der Waals surface area contributed by atoms with Gasteiger partial charge in [-0.15, -0.1) is 12.1 Å². The summed E-state index contributed by atoms with van der Waals surface area (Å²) in [7, 11) is 7.99. The molecular formula is C29H45BO5S2. The van der Waals surface area contributed by atoms with Crippen LogP contribution in [0.5, 0.6) is 23.0 Å². The molecule has 0 amide bonds. The van der Waals surface area contributed by atoms with Gasteiger partial charge in [0.2, 0.25) is 0 Å². The Morgan fingerprint density at radius 2 is 1.32 bits per heavy atom. The van der Waals surface area contributed by atoms with Crippen molar-refractivity contribution in [1.29, 1.82) is 0 Å². The molecule has 0 aliphatic heterocycles. The predicted molar refractivity (Wildman–Crippen MR) is 165 cm³/mol. The zero-order valence-corrected chi connectivity index (χ0v) is 25.1. The molecule has 0 saturated carbocycles. The maximum Gasteiger partial charge on any atom is 0.160 e. The van der Waals surface area contributed by atoms with Crippen LogP contribution in [0.3, 0.4) is 0 Å². The molecule has 0 fully saturated rings. The SMILES string of the molecule is CC=C(C)CCCc1ccc(O)c(OC)c1.COc1cc(CCCSC)ccc1O.CSO.[B]C=CC. The Hall–Kier alpha value is -2.16. The van der Waals surface area contributed by atoms with E-state index in [-0.39, 0.29) is 11.5 Å². The molecule has 0 atom stereocenters. The minimum absolute atomic E-state index is 0.205. The number of hydrogen-bond acceptors (Lipinski definition) is 7. The van der Waals surface area contributed by atoms with Crippen molar-refractivity contribution in [1.82, 2.24) is 0 Å². The second-order valence-electron chi connectivity index (χ2n) is 7.81. The summed E-state index contributed by atoms with van der Waals surface area (Å²) in [6.45, 7) is 6.09. The van der Waals surface area contributed by atoms with E-state index in [1.165, 1.54) is 28.4 Å². The second kappa shape index (κ2) is 25.5. The lowest BCUT2D eigenvalue weighted by Gasteiger charge is -2.06. The van der Waals surface area contributed by atoms with Gasteiger partial charge >= 0.3 is 0 Å². The van der Waals surface area contributed by atoms with Crippen LogP contribution in [0.2, 0.25) is 0 Å². The third-order valence-electron chi connectivity index (χ3n) is 5.02. The van der Waals surface area contributed by atoms with Crippen LogP contribution >= 0.6 is 23.8 Å². The fraction of sp³-hybridized carbons (Fsp3) is 0.448. The average molecular weight is 549 g/mol. The van der Waals surface area contributed by atoms with Gasteiger partial charge in [-0.05, 0) is 112 Å². The van der Waals surface area contributed by atoms with Crippen LogP contribution in [-0.2, 0) is 12.8 Å². The molecule has 0 unspecified atom stereocenters. The van der Waals surface area contributed by atoms with E-state index in [4.69, 9.17) is 21.9 Å². The first-order valence-electron chi connectivity index (χ1n) is 12.1. The summed E-state index contributed by atoms with van der Waals surface area (Å²) in [6.07, 6.45) is 13.1. The van der Waals surface area contributed by atoms with Gasteiger partial charge in [0.1, 0.15) is 7.85 Å². The Morgan fingerprint density at radius 1 is 0.892 bits per heavy atom. The second-order valence-corrected chi connectivity index (χ2v) is 9.16. The molecule has 206 valence electrons. The minimum Gasteiger partial charge on any atom is -0.504 e. The molecule has 5 nitrogen and oxygen atoms in total. The molecule has 8 heteroatoms. The van der Waals surface area contributed by atoms with Crippen LogP contribution < -0.4 is 9.47 Å². The van der Waals surface area contributed by atoms with Gasteiger partial charge in [-0.1, -0.05) is 23.8 Å². The number of rotatable bonds is 10. The van der Waals surface area contributed by atoms with Gasteiger partial charge in [-0.25, -0.2) is 0 Å². The number of phenolic OH excluding ortho intramolecular Hbond substituents is 2. The standard InChI is InChI=1S/C14H20O2.C11H16O2S.C3H5B.CH4OS/c1-4-11(2)6-5-7-12-8-9-13(15)14(10-12)16-3;1-13-11-8-9(4-3-7-14-2)5-6-10(11)12;1-2-3-4;1-3-2/h4,8-10,15H,5-7H2,1-3H3;5-6,8,12H,3-4,7H2,1-2H3;2-3H,1H3;2H,1H3. The fourth-order valence-electron chi connectivity index (χ4n) is 2.89. The Morgan fingerprint density at radius 3 is 1.68 bits per heavy atom. The number of benzene rings is 2. The highest BCUT2D eigenvalue weighted by Crippen LogP contribution is 2.27. The number of methoxy groups -OCH3 is 2. The average Bonchev–Trinajstić information content (AvgIpc) is 2.91. The number of phenols is 2. The van der Waals surface area contributed by atoms with Crippen molar-refractivity contribution in [3.05, 3.63) is 71.2 Å². The number of hydrogen-bond donors (Lipinski definition) is 3. The summed E-state index contributed by atoms with van der Waals surface area (Å²) in [5.41, 5.74) is 3.85. The zero-order chi connectivity index (χ0) is 28.5. The maximum atomic E-state index is 9.45. The van der Waals surface area contributed by atoms with E-state index in [9.17, 15) is 10.2 Å². The highest BCUT2D eigenvalue weighted by molar-refractivity contribution is 7.98. The van der Waals surface area contributed by atoms with Gasteiger partial charge in [0.15, 0.2) is 23.0 Å². The monoisotopic (exact) mass is 548 g/mol. The maximum absolute atomic E-state index is 9.45. The van der Waals surface area contributed by atoms with Crippen molar-refractivity contribution in [3.63, 3.8) is 0 Å². The quantitative estimate of drug-likeness (QED) is 0.121. The summed E-state index contributed by atoms with van der Waals surface area (Å²) >= 11 is 2.60. The van der Waals surface area contributed by atoms with Crippen molar-refractivity contribution in [2.75, 3.05) is 32.5 Å². The van der Waals surface area contributed by atoms with Crippen molar-refractivity contribution in [2.45, 2.75) is 52.9 Å². The summed E-state index contributed by atoms with van der Waals surface area (Å²) < 4.78 is 17.6. The lowest BCUT2D eigenvalue weighted by molar-refractivity contribution is 0.373. The topological polar surface area (TPSA) is 79.2 Å². The van der Waals surface area contributed by atoms with Crippen LogP contribution in [0.1, 0.15) is 51.2 Å². The number of thioether (sulfide) groups is 1. The van der Waals surface area contributed by atoms with E-state index >= 15 is 0 Å². The summed E-state index contributed by atoms with van der Waals surface area (Å²) in [5.74, 6) is 4.20. The molecule has 2 aromatic rings. The molecule has 2 aromatic carbocycles. The molecule has 2 rings (SSSR count). The first-order chi connectivity index (χ1) is 17.8. The van der Waals surface area contributed by atoms with Gasteiger partial charge < -0.3 is 24.2 Å². The molecule has 0 bridgehead atoms. The van der Waals surface area contributed by atoms with Gasteiger partial charge in [0.25, 0.3) is 0 Å². The molecule has 0 aliphatic rings. The lowest BCUT2D eigenvalue weighted by atomic mass is 10.0. The van der Waals surface area contributed by atoms with Gasteiger partial charge in [0.05, 0.1) is 14.2 Å². The molecule has 0 heterocycles. The zero-order valence-electron chi connectivity index (χ0n) is 23.5. The Balaban J connectivity index is 0. The van der Waals surface area contributed by atoms with Crippen LogP contribution in [0.25, 0.3) is 0 Å². The minimum atomic E-state index is 0.205. The first kappa shape index (κ1) is 37.0. The highest BCUT2D eigenvalue weighted by atomic mass is 32.2. The smallest absolute Gasteiger partial charge is 0.160 e. The molecular weight excluding hydrogens is 503 g/mol. The fourth-order valence-corrected chi connectivity index (χ4v) is 3.32. The Kier molecular flexibility index (Phi) is 25.5. The van der Waals surface area contributed by atoms with E-state index in [1.54, 1.807) is 38.7 Å². The Labute approximate surface area is 235 Å². The van der Waals surface area contributed by atoms with Crippen LogP contribution in [0.4, 0.5) is 0 Å². The van der Waals surface area contributed by atoms with E-state index in [2.05, 4.69) is 26.2 Å². The van der Waals surface area contributed by atoms with Crippen LogP contribution in [0, 0.1) is 0 Å². The molecule has 2 radical (unpaired) electrons. The van der Waals surface area contributed by atoms with Gasteiger partial charge in [-0.3, -0.25) is 0 Å². The number of aromatic hydroxyl groups is 2. The number of ether oxygens (including phenoxy) is 2. The van der Waals surface area contributed by atoms with Crippen molar-refractivity contribution >= 4 is 31.7 Å². The van der Waals surface area contributed by atoms with E-state index in [0.29, 0.717) is 11.5 Å². The third-order valence-corrected chi connectivity index (χ3v) is 5.72. The summed E-state index contributed by atoms with van der Waals surface area (Å²) in [6, 6.07) is 11.1. The molecule has 0 aromatic heterocycles. The van der Waals surface area contributed by atoms with Crippen LogP contribution in [-0.4, -0.2) is 55.1 Å². The lowest BCUT2D eigenvalue weighted by Crippen LogP contribution is -1.90. The van der Waals surface area contributed by atoms with E-state index in [0.717, 1.165) is 44.1 Å². The third kappa shape index (κ3) is 19.6. The van der Waals surface area contributed by atoms with E-state index in [1.807, 2.05) is 43.0 Å². The Bertz CT molecular complexity index is 885.